The molecule has 0 spiro atoms. The van der Waals surface area contributed by atoms with Crippen molar-refractivity contribution in [1.82, 2.24) is 19.9 Å². The highest BCUT2D eigenvalue weighted by atomic mass is 16.3. The Bertz CT molecular complexity index is 973. The zero-order valence-electron chi connectivity index (χ0n) is 16.6. The number of fused-ring (bicyclic) bond motifs is 5. The van der Waals surface area contributed by atoms with E-state index in [2.05, 4.69) is 46.2 Å². The number of aliphatic hydroxyl groups excluding tert-OH is 1. The second-order valence-electron chi connectivity index (χ2n) is 8.24. The summed E-state index contributed by atoms with van der Waals surface area (Å²) in [6.07, 6.45) is 5.63. The molecule has 0 radical (unpaired) electrons. The van der Waals surface area contributed by atoms with Crippen LogP contribution in [0.2, 0.25) is 0 Å². The Morgan fingerprint density at radius 1 is 1.39 bits per heavy atom. The van der Waals surface area contributed by atoms with Crippen molar-refractivity contribution in [1.29, 1.82) is 0 Å². The van der Waals surface area contributed by atoms with E-state index < -0.39 is 0 Å². The van der Waals surface area contributed by atoms with Gasteiger partial charge < -0.3 is 9.67 Å². The molecule has 2 aromatic rings. The first-order valence-electron chi connectivity index (χ1n) is 10.3. The number of benzene rings is 1. The van der Waals surface area contributed by atoms with E-state index in [4.69, 9.17) is 0 Å². The lowest BCUT2D eigenvalue weighted by Gasteiger charge is -2.40. The van der Waals surface area contributed by atoms with Crippen LogP contribution in [0.25, 0.3) is 16.5 Å². The van der Waals surface area contributed by atoms with Crippen LogP contribution in [-0.4, -0.2) is 58.4 Å². The first kappa shape index (κ1) is 17.9. The highest BCUT2D eigenvalue weighted by Crippen LogP contribution is 2.44. The van der Waals surface area contributed by atoms with E-state index in [1.165, 1.54) is 51.1 Å². The molecule has 2 aliphatic heterocycles. The highest BCUT2D eigenvalue weighted by Gasteiger charge is 2.38. The van der Waals surface area contributed by atoms with Crippen LogP contribution in [0.3, 0.4) is 0 Å². The molecule has 3 heterocycles. The Labute approximate surface area is 165 Å². The second kappa shape index (κ2) is 6.72. The highest BCUT2D eigenvalue weighted by molar-refractivity contribution is 6.00. The molecule has 0 fully saturated rings. The third-order valence-electron chi connectivity index (χ3n) is 6.73. The number of carbonyl (C=O) groups is 1. The van der Waals surface area contributed by atoms with Crippen LogP contribution in [0.5, 0.6) is 0 Å². The molecule has 1 aliphatic carbocycles. The molecule has 2 atom stereocenters. The summed E-state index contributed by atoms with van der Waals surface area (Å²) in [5, 5.41) is 12.3. The van der Waals surface area contributed by atoms with Crippen LogP contribution in [0.4, 0.5) is 0 Å². The van der Waals surface area contributed by atoms with Gasteiger partial charge in [-0.2, -0.15) is 5.01 Å². The number of aliphatic hydroxyl groups is 1. The Balaban J connectivity index is 1.57. The van der Waals surface area contributed by atoms with Crippen molar-refractivity contribution in [2.75, 3.05) is 26.9 Å². The van der Waals surface area contributed by atoms with E-state index in [0.29, 0.717) is 19.1 Å². The van der Waals surface area contributed by atoms with Gasteiger partial charge in [-0.25, -0.2) is 0 Å². The largest absolute Gasteiger partial charge is 0.379 e. The first-order valence-corrected chi connectivity index (χ1v) is 10.3. The van der Waals surface area contributed by atoms with Crippen LogP contribution in [-0.2, 0) is 24.2 Å². The minimum Gasteiger partial charge on any atom is -0.379 e. The number of amides is 1. The van der Waals surface area contributed by atoms with Gasteiger partial charge in [-0.15, -0.1) is 0 Å². The number of rotatable bonds is 4. The summed E-state index contributed by atoms with van der Waals surface area (Å²) in [5.74, 6) is -0.269. The van der Waals surface area contributed by atoms with Crippen LogP contribution >= 0.6 is 0 Å². The predicted octanol–water partition coefficient (Wildman–Crippen LogP) is 1.76. The molecule has 28 heavy (non-hydrogen) atoms. The molecule has 0 saturated carbocycles. The molecule has 2 N–H and O–H groups in total. The number of carbonyl (C=O) groups excluding carboxylic acids is 1. The zero-order chi connectivity index (χ0) is 19.4. The summed E-state index contributed by atoms with van der Waals surface area (Å²) in [4.78, 5) is 15.1. The average Bonchev–Trinajstić information content (AvgIpc) is 3.30. The van der Waals surface area contributed by atoms with E-state index in [1.807, 2.05) is 6.92 Å². The average molecular weight is 380 g/mol. The van der Waals surface area contributed by atoms with Gasteiger partial charge in [-0.3, -0.25) is 15.1 Å². The molecule has 1 amide bonds. The van der Waals surface area contributed by atoms with Gasteiger partial charge in [-0.1, -0.05) is 25.1 Å². The van der Waals surface area contributed by atoms with Crippen LogP contribution < -0.4 is 5.43 Å². The van der Waals surface area contributed by atoms with Gasteiger partial charge in [-0.05, 0) is 49.1 Å². The maximum Gasteiger partial charge on any atom is 0.242 e. The normalized spacial score (nSPS) is 23.6. The summed E-state index contributed by atoms with van der Waals surface area (Å²) in [7, 11) is 2.13. The number of nitrogens with one attached hydrogen (secondary N) is 1. The summed E-state index contributed by atoms with van der Waals surface area (Å²) in [5.41, 5.74) is 9.83. The molecule has 0 saturated heterocycles. The van der Waals surface area contributed by atoms with E-state index in [0.717, 1.165) is 13.0 Å². The number of aryl methyl sites for hydroxylation is 1. The van der Waals surface area contributed by atoms with Crippen molar-refractivity contribution >= 4 is 22.4 Å². The summed E-state index contributed by atoms with van der Waals surface area (Å²) in [6.45, 7) is 4.12. The molecule has 3 aliphatic rings. The van der Waals surface area contributed by atoms with Crippen molar-refractivity contribution in [2.45, 2.75) is 38.8 Å². The van der Waals surface area contributed by atoms with Gasteiger partial charge in [0, 0.05) is 42.3 Å². The minimum atomic E-state index is -0.219. The number of hydrazine groups is 1. The van der Waals surface area contributed by atoms with Crippen molar-refractivity contribution in [3.63, 3.8) is 0 Å². The fourth-order valence-corrected chi connectivity index (χ4v) is 5.34. The molecule has 6 heteroatoms. The van der Waals surface area contributed by atoms with Crippen molar-refractivity contribution in [2.24, 2.45) is 5.92 Å². The Kier molecular flexibility index (Phi) is 4.30. The molecule has 2 unspecified atom stereocenters. The molecule has 1 aromatic carbocycles. The van der Waals surface area contributed by atoms with E-state index >= 15 is 0 Å². The molecule has 148 valence electrons. The number of likely N-dealkylation sites (N-methyl/N-ethyl adjacent to an activating group) is 1. The van der Waals surface area contributed by atoms with Crippen molar-refractivity contribution in [3.05, 3.63) is 41.1 Å². The maximum atomic E-state index is 12.8. The molecular weight excluding hydrogens is 352 g/mol. The lowest BCUT2D eigenvalue weighted by Crippen LogP contribution is -2.50. The van der Waals surface area contributed by atoms with Crippen LogP contribution in [0.15, 0.2) is 24.3 Å². The van der Waals surface area contributed by atoms with Gasteiger partial charge >= 0.3 is 0 Å². The predicted molar refractivity (Wildman–Crippen MR) is 109 cm³/mol. The summed E-state index contributed by atoms with van der Waals surface area (Å²) < 4.78 is 2.51. The third-order valence-corrected chi connectivity index (χ3v) is 6.73. The monoisotopic (exact) mass is 380 g/mol. The lowest BCUT2D eigenvalue weighted by atomic mass is 9.79. The maximum absolute atomic E-state index is 12.8. The third kappa shape index (κ3) is 2.55. The van der Waals surface area contributed by atoms with Gasteiger partial charge in [0.05, 0.1) is 5.92 Å². The Hall–Kier alpha value is -2.15. The van der Waals surface area contributed by atoms with Crippen molar-refractivity contribution in [3.8, 4) is 0 Å². The van der Waals surface area contributed by atoms with Gasteiger partial charge in [0.2, 0.25) is 5.91 Å². The minimum absolute atomic E-state index is 0.0500. The van der Waals surface area contributed by atoms with Gasteiger partial charge in [0.1, 0.15) is 6.73 Å². The second-order valence-corrected chi connectivity index (χ2v) is 8.24. The standard InChI is InChI=1S/C22H28N4O2/c1-3-25(13-27)23-22(28)14-10-16-15-6-4-7-19-21(15)17(11-20(16)24(2)12-14)18-8-5-9-26(18)19/h4,6-7,10,14,20,27H,3,5,8-9,11-13H2,1-2H3,(H,23,28). The molecule has 1 aromatic heterocycles. The van der Waals surface area contributed by atoms with Crippen molar-refractivity contribution < 1.29 is 9.90 Å². The van der Waals surface area contributed by atoms with E-state index in [9.17, 15) is 9.90 Å². The number of aromatic nitrogens is 1. The number of hydrogen-bond acceptors (Lipinski definition) is 4. The molecule has 5 rings (SSSR count). The number of hydrogen-bond donors (Lipinski definition) is 2. The van der Waals surface area contributed by atoms with E-state index in [-0.39, 0.29) is 18.6 Å². The SMILES string of the molecule is CCN(CO)NC(=O)C1C=C2c3cccc4c3c(c3n4CCC3)CC2N(C)C1. The fourth-order valence-electron chi connectivity index (χ4n) is 5.34. The summed E-state index contributed by atoms with van der Waals surface area (Å²) >= 11 is 0. The summed E-state index contributed by atoms with van der Waals surface area (Å²) in [6, 6.07) is 6.95. The zero-order valence-corrected chi connectivity index (χ0v) is 16.6. The molecule has 6 nitrogen and oxygen atoms in total. The lowest BCUT2D eigenvalue weighted by molar-refractivity contribution is -0.131. The topological polar surface area (TPSA) is 60.7 Å². The molecular formula is C22H28N4O2. The Morgan fingerprint density at radius 3 is 3.04 bits per heavy atom. The van der Waals surface area contributed by atoms with Crippen LogP contribution in [0, 0.1) is 5.92 Å². The number of nitrogens with zero attached hydrogens (tertiary/aromatic N) is 3. The van der Waals surface area contributed by atoms with Gasteiger partial charge in [0.25, 0.3) is 0 Å². The molecule has 0 bridgehead atoms. The fraction of sp³-hybridized carbons (Fsp3) is 0.500. The Morgan fingerprint density at radius 2 is 2.25 bits per heavy atom. The quantitative estimate of drug-likeness (QED) is 0.627. The van der Waals surface area contributed by atoms with Crippen LogP contribution in [0.1, 0.15) is 30.2 Å². The smallest absolute Gasteiger partial charge is 0.242 e. The van der Waals surface area contributed by atoms with Gasteiger partial charge in [0.15, 0.2) is 0 Å². The first-order chi connectivity index (χ1) is 13.6. The van der Waals surface area contributed by atoms with E-state index in [1.54, 1.807) is 0 Å².